The molecule has 0 bridgehead atoms. The summed E-state index contributed by atoms with van der Waals surface area (Å²) >= 11 is 0. The largest absolute Gasteiger partial charge is 0.504 e. The lowest BCUT2D eigenvalue weighted by Gasteiger charge is -2.04. The van der Waals surface area contributed by atoms with Gasteiger partial charge in [0.1, 0.15) is 6.61 Å². The van der Waals surface area contributed by atoms with E-state index in [1.807, 2.05) is 0 Å². The second-order valence-corrected chi connectivity index (χ2v) is 2.29. The molecule has 0 heterocycles. The van der Waals surface area contributed by atoms with Gasteiger partial charge in [-0.05, 0) is 12.1 Å². The van der Waals surface area contributed by atoms with Crippen molar-refractivity contribution in [1.82, 2.24) is 0 Å². The summed E-state index contributed by atoms with van der Waals surface area (Å²) in [6.07, 6.45) is 1.40. The topological polar surface area (TPSA) is 58.9 Å². The highest BCUT2D eigenvalue weighted by atomic mass is 16.5. The first-order chi connectivity index (χ1) is 6.34. The molecule has 0 amide bonds. The quantitative estimate of drug-likeness (QED) is 0.428. The number of nitrogens with zero attached hydrogens (tertiary/aromatic N) is 1. The van der Waals surface area contributed by atoms with Gasteiger partial charge in [-0.3, -0.25) is 0 Å². The van der Waals surface area contributed by atoms with Crippen molar-refractivity contribution in [2.75, 3.05) is 13.2 Å². The van der Waals surface area contributed by atoms with Crippen molar-refractivity contribution in [3.8, 4) is 11.5 Å². The van der Waals surface area contributed by atoms with Crippen LogP contribution in [0, 0.1) is 0 Å². The number of isocyanates is 1. The van der Waals surface area contributed by atoms with Crippen molar-refractivity contribution in [2.24, 2.45) is 4.99 Å². The number of hydrogen-bond acceptors (Lipinski definition) is 4. The van der Waals surface area contributed by atoms with Crippen molar-refractivity contribution in [3.63, 3.8) is 0 Å². The number of benzene rings is 1. The summed E-state index contributed by atoms with van der Waals surface area (Å²) in [4.78, 5) is 13.0. The van der Waals surface area contributed by atoms with E-state index in [1.54, 1.807) is 18.2 Å². The number of rotatable bonds is 4. The first-order valence-corrected chi connectivity index (χ1v) is 3.79. The lowest BCUT2D eigenvalue weighted by molar-refractivity contribution is 0.309. The third-order valence-corrected chi connectivity index (χ3v) is 1.39. The molecule has 0 aromatic heterocycles. The van der Waals surface area contributed by atoms with Gasteiger partial charge in [-0.1, -0.05) is 12.1 Å². The van der Waals surface area contributed by atoms with Gasteiger partial charge in [-0.2, -0.15) is 0 Å². The highest BCUT2D eigenvalue weighted by Gasteiger charge is 1.98. The van der Waals surface area contributed by atoms with Crippen molar-refractivity contribution in [3.05, 3.63) is 24.3 Å². The predicted molar refractivity (Wildman–Crippen MR) is 46.6 cm³/mol. The lowest BCUT2D eigenvalue weighted by Crippen LogP contribution is -2.00. The number of aliphatic imine (C=N–C) groups is 1. The molecule has 13 heavy (non-hydrogen) atoms. The minimum absolute atomic E-state index is 0.0811. The van der Waals surface area contributed by atoms with Crippen LogP contribution < -0.4 is 4.74 Å². The van der Waals surface area contributed by atoms with E-state index in [1.165, 1.54) is 12.1 Å². The first-order valence-electron chi connectivity index (χ1n) is 3.79. The van der Waals surface area contributed by atoms with Gasteiger partial charge in [0.05, 0.1) is 6.54 Å². The Morgan fingerprint density at radius 1 is 1.46 bits per heavy atom. The molecule has 0 radical (unpaired) electrons. The third kappa shape index (κ3) is 2.97. The normalized spacial score (nSPS) is 8.92. The van der Waals surface area contributed by atoms with Crippen LogP contribution in [0.2, 0.25) is 0 Å². The van der Waals surface area contributed by atoms with Crippen molar-refractivity contribution in [1.29, 1.82) is 0 Å². The molecular formula is C9H9NO3. The minimum Gasteiger partial charge on any atom is -0.504 e. The Morgan fingerprint density at radius 3 is 2.92 bits per heavy atom. The van der Waals surface area contributed by atoms with E-state index < -0.39 is 0 Å². The van der Waals surface area contributed by atoms with Gasteiger partial charge >= 0.3 is 0 Å². The van der Waals surface area contributed by atoms with Crippen LogP contribution >= 0.6 is 0 Å². The second-order valence-electron chi connectivity index (χ2n) is 2.29. The zero-order valence-corrected chi connectivity index (χ0v) is 6.93. The van der Waals surface area contributed by atoms with E-state index in [2.05, 4.69) is 4.99 Å². The molecule has 68 valence electrons. The Kier molecular flexibility index (Phi) is 3.54. The summed E-state index contributed by atoms with van der Waals surface area (Å²) in [5, 5.41) is 9.23. The molecule has 0 saturated carbocycles. The molecule has 0 unspecified atom stereocenters. The summed E-state index contributed by atoms with van der Waals surface area (Å²) in [5.41, 5.74) is 0. The van der Waals surface area contributed by atoms with Crippen LogP contribution in [-0.2, 0) is 4.79 Å². The summed E-state index contributed by atoms with van der Waals surface area (Å²) in [7, 11) is 0. The van der Waals surface area contributed by atoms with Crippen LogP contribution in [0.3, 0.4) is 0 Å². The van der Waals surface area contributed by atoms with Gasteiger partial charge in [0.25, 0.3) is 0 Å². The molecule has 1 N–H and O–H groups in total. The molecule has 1 rings (SSSR count). The van der Waals surface area contributed by atoms with Gasteiger partial charge in [-0.25, -0.2) is 9.79 Å². The number of aromatic hydroxyl groups is 1. The molecule has 0 atom stereocenters. The molecule has 0 aliphatic carbocycles. The molecule has 1 aromatic carbocycles. The molecule has 0 saturated heterocycles. The minimum atomic E-state index is 0.0811. The van der Waals surface area contributed by atoms with Crippen LogP contribution in [0.5, 0.6) is 11.5 Å². The van der Waals surface area contributed by atoms with Gasteiger partial charge < -0.3 is 9.84 Å². The Morgan fingerprint density at radius 2 is 2.23 bits per heavy atom. The maximum Gasteiger partial charge on any atom is 0.235 e. The maximum atomic E-state index is 9.69. The summed E-state index contributed by atoms with van der Waals surface area (Å²) in [6, 6.07) is 6.61. The standard InChI is InChI=1S/C9H9NO3/c11-7-10-5-6-13-9-4-2-1-3-8(9)12/h1-4,12H,5-6H2. The molecule has 0 fully saturated rings. The SMILES string of the molecule is O=C=NCCOc1ccccc1O. The smallest absolute Gasteiger partial charge is 0.235 e. The summed E-state index contributed by atoms with van der Waals surface area (Å²) < 4.78 is 5.12. The molecule has 4 nitrogen and oxygen atoms in total. The Labute approximate surface area is 75.5 Å². The summed E-state index contributed by atoms with van der Waals surface area (Å²) in [5.74, 6) is 0.473. The fourth-order valence-electron chi connectivity index (χ4n) is 0.826. The Bertz CT molecular complexity index is 318. The third-order valence-electron chi connectivity index (χ3n) is 1.39. The van der Waals surface area contributed by atoms with Crippen molar-refractivity contribution >= 4 is 6.08 Å². The number of hydrogen-bond donors (Lipinski definition) is 1. The maximum absolute atomic E-state index is 9.69. The van der Waals surface area contributed by atoms with Crippen molar-refractivity contribution < 1.29 is 14.6 Å². The zero-order chi connectivity index (χ0) is 9.52. The summed E-state index contributed by atoms with van der Waals surface area (Å²) in [6.45, 7) is 0.505. The fourth-order valence-corrected chi connectivity index (χ4v) is 0.826. The van der Waals surface area contributed by atoms with Gasteiger partial charge in [0, 0.05) is 0 Å². The molecule has 0 spiro atoms. The average molecular weight is 179 g/mol. The highest BCUT2D eigenvalue weighted by molar-refractivity contribution is 5.38. The van der Waals surface area contributed by atoms with Gasteiger partial charge in [-0.15, -0.1) is 0 Å². The molecule has 0 aliphatic rings. The number of ether oxygens (including phenoxy) is 1. The first kappa shape index (κ1) is 9.29. The zero-order valence-electron chi connectivity index (χ0n) is 6.93. The van der Waals surface area contributed by atoms with Crippen molar-refractivity contribution in [2.45, 2.75) is 0 Å². The number of para-hydroxylation sites is 2. The second kappa shape index (κ2) is 4.95. The highest BCUT2D eigenvalue weighted by Crippen LogP contribution is 2.23. The molecular weight excluding hydrogens is 170 g/mol. The number of phenolic OH excluding ortho intramolecular Hbond substituents is 1. The predicted octanol–water partition coefficient (Wildman–Crippen LogP) is 1.11. The van der Waals surface area contributed by atoms with Crippen LogP contribution in [0.1, 0.15) is 0 Å². The van der Waals surface area contributed by atoms with E-state index in [4.69, 9.17) is 4.74 Å². The van der Waals surface area contributed by atoms with Gasteiger partial charge in [0.2, 0.25) is 6.08 Å². The molecule has 1 aromatic rings. The van der Waals surface area contributed by atoms with Crippen LogP contribution in [0.25, 0.3) is 0 Å². The molecule has 4 heteroatoms. The monoisotopic (exact) mass is 179 g/mol. The van der Waals surface area contributed by atoms with E-state index in [-0.39, 0.29) is 18.9 Å². The van der Waals surface area contributed by atoms with E-state index in [0.717, 1.165) is 0 Å². The number of phenols is 1. The lowest BCUT2D eigenvalue weighted by atomic mass is 10.3. The van der Waals surface area contributed by atoms with E-state index in [0.29, 0.717) is 5.75 Å². The van der Waals surface area contributed by atoms with Crippen LogP contribution in [0.15, 0.2) is 29.3 Å². The molecule has 0 aliphatic heterocycles. The van der Waals surface area contributed by atoms with Crippen LogP contribution in [-0.4, -0.2) is 24.3 Å². The van der Waals surface area contributed by atoms with E-state index >= 15 is 0 Å². The van der Waals surface area contributed by atoms with Gasteiger partial charge in [0.15, 0.2) is 11.5 Å². The Hall–Kier alpha value is -1.80. The van der Waals surface area contributed by atoms with Crippen LogP contribution in [0.4, 0.5) is 0 Å². The fraction of sp³-hybridized carbons (Fsp3) is 0.222. The number of carbonyl (C=O) groups excluding carboxylic acids is 1. The average Bonchev–Trinajstić information content (AvgIpc) is 2.15. The van der Waals surface area contributed by atoms with E-state index in [9.17, 15) is 9.90 Å². The Balaban J connectivity index is 2.45.